The zero-order valence-corrected chi connectivity index (χ0v) is 18.0. The van der Waals surface area contributed by atoms with E-state index >= 15 is 0 Å². The molecule has 3 rings (SSSR count). The molecule has 5 nitrogen and oxygen atoms in total. The number of anilines is 1. The van der Waals surface area contributed by atoms with Crippen LogP contribution in [0.15, 0.2) is 48.5 Å². The molecule has 1 saturated heterocycles. The first-order chi connectivity index (χ1) is 12.6. The van der Waals surface area contributed by atoms with Crippen LogP contribution in [0.4, 0.5) is 5.69 Å². The largest absolute Gasteiger partial charge is 0.495 e. The Balaban J connectivity index is 0.00000196. The molecule has 0 aromatic heterocycles. The van der Waals surface area contributed by atoms with Gasteiger partial charge in [-0.3, -0.25) is 4.79 Å². The SMILES string of the molecule is COc1ccc(Cl)cc1NCC(=O)N1C[C@@H](CN)[C@H](c2ccccc2)C1.Cl.Cl. The summed E-state index contributed by atoms with van der Waals surface area (Å²) in [6, 6.07) is 15.6. The molecule has 1 fully saturated rings. The Morgan fingerprint density at radius 2 is 1.93 bits per heavy atom. The summed E-state index contributed by atoms with van der Waals surface area (Å²) in [7, 11) is 1.59. The Bertz CT molecular complexity index is 762. The summed E-state index contributed by atoms with van der Waals surface area (Å²) in [4.78, 5) is 14.6. The van der Waals surface area contributed by atoms with Crippen LogP contribution in [0.1, 0.15) is 11.5 Å². The van der Waals surface area contributed by atoms with E-state index in [2.05, 4.69) is 17.4 Å². The molecule has 0 radical (unpaired) electrons. The fourth-order valence-corrected chi connectivity index (χ4v) is 3.66. The van der Waals surface area contributed by atoms with E-state index in [0.717, 1.165) is 0 Å². The van der Waals surface area contributed by atoms with Gasteiger partial charge in [0.1, 0.15) is 5.75 Å². The van der Waals surface area contributed by atoms with Gasteiger partial charge < -0.3 is 20.7 Å². The van der Waals surface area contributed by atoms with Gasteiger partial charge in [-0.1, -0.05) is 41.9 Å². The topological polar surface area (TPSA) is 67.6 Å². The zero-order valence-electron chi connectivity index (χ0n) is 15.6. The first kappa shape index (κ1) is 24.4. The van der Waals surface area contributed by atoms with Gasteiger partial charge in [-0.25, -0.2) is 0 Å². The maximum atomic E-state index is 12.7. The van der Waals surface area contributed by atoms with Gasteiger partial charge in [0.2, 0.25) is 5.91 Å². The smallest absolute Gasteiger partial charge is 0.241 e. The number of benzene rings is 2. The van der Waals surface area contributed by atoms with Crippen LogP contribution < -0.4 is 15.8 Å². The minimum Gasteiger partial charge on any atom is -0.495 e. The molecule has 1 aliphatic rings. The summed E-state index contributed by atoms with van der Waals surface area (Å²) in [5.41, 5.74) is 7.91. The van der Waals surface area contributed by atoms with E-state index in [-0.39, 0.29) is 49.1 Å². The van der Waals surface area contributed by atoms with Gasteiger partial charge in [-0.2, -0.15) is 0 Å². The van der Waals surface area contributed by atoms with E-state index in [1.54, 1.807) is 25.3 Å². The molecule has 28 heavy (non-hydrogen) atoms. The molecular formula is C20H26Cl3N3O2. The molecule has 1 amide bonds. The first-order valence-electron chi connectivity index (χ1n) is 8.72. The molecule has 0 bridgehead atoms. The van der Waals surface area contributed by atoms with E-state index in [0.29, 0.717) is 36.1 Å². The van der Waals surface area contributed by atoms with Crippen molar-refractivity contribution in [2.24, 2.45) is 11.7 Å². The van der Waals surface area contributed by atoms with Gasteiger partial charge in [-0.05, 0) is 36.2 Å². The molecule has 2 aromatic carbocycles. The van der Waals surface area contributed by atoms with Crippen molar-refractivity contribution in [2.45, 2.75) is 5.92 Å². The van der Waals surface area contributed by atoms with Crippen LogP contribution in [-0.2, 0) is 4.79 Å². The molecule has 0 unspecified atom stereocenters. The maximum Gasteiger partial charge on any atom is 0.241 e. The molecule has 154 valence electrons. The van der Waals surface area contributed by atoms with Gasteiger partial charge in [0, 0.05) is 24.0 Å². The molecule has 0 spiro atoms. The van der Waals surface area contributed by atoms with Gasteiger partial charge in [0.05, 0.1) is 19.3 Å². The number of methoxy groups -OCH3 is 1. The predicted molar refractivity (Wildman–Crippen MR) is 119 cm³/mol. The quantitative estimate of drug-likeness (QED) is 0.708. The molecule has 1 heterocycles. The van der Waals surface area contributed by atoms with Crippen LogP contribution in [0.3, 0.4) is 0 Å². The molecule has 8 heteroatoms. The maximum absolute atomic E-state index is 12.7. The Morgan fingerprint density at radius 1 is 1.21 bits per heavy atom. The minimum atomic E-state index is 0. The standard InChI is InChI=1S/C20H24ClN3O2.2ClH/c1-26-19-8-7-16(21)9-18(19)23-11-20(25)24-12-15(10-22)17(13-24)14-5-3-2-4-6-14;;/h2-9,15,17,23H,10-13,22H2,1H3;2*1H/t15-,17+;;/m1../s1. The number of ether oxygens (including phenoxy) is 1. The van der Waals surface area contributed by atoms with Crippen molar-refractivity contribution in [1.29, 1.82) is 0 Å². The normalized spacial score (nSPS) is 18.0. The summed E-state index contributed by atoms with van der Waals surface area (Å²) in [6.45, 7) is 2.14. The average Bonchev–Trinajstić information content (AvgIpc) is 3.11. The average molecular weight is 447 g/mol. The number of carbonyl (C=O) groups is 1. The molecule has 2 atom stereocenters. The number of carbonyl (C=O) groups excluding carboxylic acids is 1. The van der Waals surface area contributed by atoms with Gasteiger partial charge >= 0.3 is 0 Å². The summed E-state index contributed by atoms with van der Waals surface area (Å²) in [5.74, 6) is 1.27. The van der Waals surface area contributed by atoms with Crippen molar-refractivity contribution in [3.05, 3.63) is 59.1 Å². The van der Waals surface area contributed by atoms with Crippen LogP contribution in [0.2, 0.25) is 5.02 Å². The fraction of sp³-hybridized carbons (Fsp3) is 0.350. The summed E-state index contributed by atoms with van der Waals surface area (Å²) in [6.07, 6.45) is 0. The number of halogens is 3. The predicted octanol–water partition coefficient (Wildman–Crippen LogP) is 3.81. The monoisotopic (exact) mass is 445 g/mol. The van der Waals surface area contributed by atoms with E-state index in [9.17, 15) is 4.79 Å². The fourth-order valence-electron chi connectivity index (χ4n) is 3.49. The third-order valence-electron chi connectivity index (χ3n) is 4.92. The third-order valence-corrected chi connectivity index (χ3v) is 5.15. The van der Waals surface area contributed by atoms with Crippen molar-refractivity contribution < 1.29 is 9.53 Å². The number of likely N-dealkylation sites (tertiary alicyclic amines) is 1. The summed E-state index contributed by atoms with van der Waals surface area (Å²) in [5, 5.41) is 3.73. The molecular weight excluding hydrogens is 421 g/mol. The zero-order chi connectivity index (χ0) is 18.5. The van der Waals surface area contributed by atoms with Gasteiger partial charge in [0.25, 0.3) is 0 Å². The first-order valence-corrected chi connectivity index (χ1v) is 9.10. The van der Waals surface area contributed by atoms with E-state index < -0.39 is 0 Å². The Kier molecular flexibility index (Phi) is 9.90. The Morgan fingerprint density at radius 3 is 2.57 bits per heavy atom. The number of rotatable bonds is 6. The van der Waals surface area contributed by atoms with E-state index in [1.807, 2.05) is 23.1 Å². The van der Waals surface area contributed by atoms with Crippen molar-refractivity contribution in [3.63, 3.8) is 0 Å². The molecule has 2 aromatic rings. The second-order valence-electron chi connectivity index (χ2n) is 6.51. The number of nitrogens with zero attached hydrogens (tertiary/aromatic N) is 1. The number of nitrogens with one attached hydrogen (secondary N) is 1. The Labute approximate surface area is 183 Å². The highest BCUT2D eigenvalue weighted by Crippen LogP contribution is 2.32. The van der Waals surface area contributed by atoms with Crippen LogP contribution in [-0.4, -0.2) is 44.1 Å². The van der Waals surface area contributed by atoms with Gasteiger partial charge in [0.15, 0.2) is 0 Å². The molecule has 3 N–H and O–H groups in total. The van der Waals surface area contributed by atoms with Crippen molar-refractivity contribution in [3.8, 4) is 5.75 Å². The lowest BCUT2D eigenvalue weighted by atomic mass is 9.89. The second kappa shape index (κ2) is 11.4. The van der Waals surface area contributed by atoms with Crippen molar-refractivity contribution in [2.75, 3.05) is 38.6 Å². The van der Waals surface area contributed by atoms with Crippen LogP contribution in [0.5, 0.6) is 5.75 Å². The van der Waals surface area contributed by atoms with E-state index in [1.165, 1.54) is 5.56 Å². The van der Waals surface area contributed by atoms with Crippen molar-refractivity contribution >= 4 is 48.0 Å². The number of nitrogens with two attached hydrogens (primary N) is 1. The van der Waals surface area contributed by atoms with Crippen molar-refractivity contribution in [1.82, 2.24) is 4.90 Å². The van der Waals surface area contributed by atoms with Crippen LogP contribution in [0.25, 0.3) is 0 Å². The highest BCUT2D eigenvalue weighted by atomic mass is 35.5. The Hall–Kier alpha value is -1.66. The number of amides is 1. The lowest BCUT2D eigenvalue weighted by Crippen LogP contribution is -2.34. The summed E-state index contributed by atoms with van der Waals surface area (Å²) >= 11 is 6.04. The summed E-state index contributed by atoms with van der Waals surface area (Å²) < 4.78 is 5.30. The third kappa shape index (κ3) is 5.67. The lowest BCUT2D eigenvalue weighted by Gasteiger charge is -2.18. The van der Waals surface area contributed by atoms with Crippen LogP contribution >= 0.6 is 36.4 Å². The molecule has 0 aliphatic carbocycles. The van der Waals surface area contributed by atoms with Gasteiger partial charge in [-0.15, -0.1) is 24.8 Å². The second-order valence-corrected chi connectivity index (χ2v) is 6.95. The number of hydrogen-bond donors (Lipinski definition) is 2. The lowest BCUT2D eigenvalue weighted by molar-refractivity contribution is -0.128. The van der Waals surface area contributed by atoms with E-state index in [4.69, 9.17) is 22.1 Å². The van der Waals surface area contributed by atoms with Crippen LogP contribution in [0, 0.1) is 5.92 Å². The minimum absolute atomic E-state index is 0. The highest BCUT2D eigenvalue weighted by molar-refractivity contribution is 6.30. The molecule has 0 saturated carbocycles. The number of hydrogen-bond acceptors (Lipinski definition) is 4. The highest BCUT2D eigenvalue weighted by Gasteiger charge is 2.35. The molecule has 1 aliphatic heterocycles.